The van der Waals surface area contributed by atoms with E-state index in [0.717, 1.165) is 30.7 Å². The fraction of sp³-hybridized carbons (Fsp3) is 0.471. The van der Waals surface area contributed by atoms with Crippen molar-refractivity contribution >= 4 is 23.8 Å². The molecule has 1 saturated heterocycles. The maximum Gasteiger partial charge on any atom is 0.246 e. The molecule has 130 valence electrons. The summed E-state index contributed by atoms with van der Waals surface area (Å²) in [6, 6.07) is 2.00. The maximum absolute atomic E-state index is 12.1. The van der Waals surface area contributed by atoms with E-state index in [-0.39, 0.29) is 18.6 Å². The Hall–Kier alpha value is -2.41. The summed E-state index contributed by atoms with van der Waals surface area (Å²) >= 11 is 0. The van der Waals surface area contributed by atoms with E-state index in [1.807, 2.05) is 17.9 Å². The van der Waals surface area contributed by atoms with E-state index in [1.54, 1.807) is 12.3 Å². The van der Waals surface area contributed by atoms with E-state index in [0.29, 0.717) is 18.8 Å². The number of nitrogens with two attached hydrogens (primary N) is 1. The summed E-state index contributed by atoms with van der Waals surface area (Å²) in [6.07, 6.45) is 8.69. The minimum absolute atomic E-state index is 0.0175. The SMILES string of the molecule is CC(=N[C@@H]1CCCN(C(=O)/C=C\CCO)C1)c1cc[nH]c1N=CN. The molecule has 7 nitrogen and oxygen atoms in total. The van der Waals surface area contributed by atoms with Crippen molar-refractivity contribution in [3.8, 4) is 0 Å². The molecule has 2 rings (SSSR count). The second-order valence-corrected chi connectivity index (χ2v) is 5.73. The van der Waals surface area contributed by atoms with E-state index in [9.17, 15) is 4.79 Å². The van der Waals surface area contributed by atoms with E-state index >= 15 is 0 Å². The van der Waals surface area contributed by atoms with Gasteiger partial charge in [0.15, 0.2) is 0 Å². The van der Waals surface area contributed by atoms with Crippen LogP contribution >= 0.6 is 0 Å². The number of nitrogens with one attached hydrogen (secondary N) is 1. The van der Waals surface area contributed by atoms with E-state index in [4.69, 9.17) is 15.8 Å². The van der Waals surface area contributed by atoms with Crippen LogP contribution in [0, 0.1) is 0 Å². The van der Waals surface area contributed by atoms with Crippen LogP contribution in [-0.4, -0.2) is 58.7 Å². The molecule has 1 atom stereocenters. The molecule has 0 saturated carbocycles. The van der Waals surface area contributed by atoms with Crippen LogP contribution in [0.5, 0.6) is 0 Å². The highest BCUT2D eigenvalue weighted by atomic mass is 16.2. The number of nitrogens with zero attached hydrogens (tertiary/aromatic N) is 3. The zero-order chi connectivity index (χ0) is 17.4. The summed E-state index contributed by atoms with van der Waals surface area (Å²) in [7, 11) is 0. The van der Waals surface area contributed by atoms with Crippen molar-refractivity contribution < 1.29 is 9.90 Å². The number of aromatic nitrogens is 1. The second-order valence-electron chi connectivity index (χ2n) is 5.73. The predicted octanol–water partition coefficient (Wildman–Crippen LogP) is 1.37. The first-order valence-corrected chi connectivity index (χ1v) is 8.18. The first kappa shape index (κ1) is 17.9. The first-order chi connectivity index (χ1) is 11.7. The fourth-order valence-electron chi connectivity index (χ4n) is 2.80. The van der Waals surface area contributed by atoms with Gasteiger partial charge in [0.25, 0.3) is 0 Å². The summed E-state index contributed by atoms with van der Waals surface area (Å²) in [4.78, 5) is 25.8. The summed E-state index contributed by atoms with van der Waals surface area (Å²) in [5.41, 5.74) is 7.16. The molecule has 24 heavy (non-hydrogen) atoms. The number of rotatable bonds is 6. The number of H-pyrrole nitrogens is 1. The summed E-state index contributed by atoms with van der Waals surface area (Å²) in [5, 5.41) is 8.77. The van der Waals surface area contributed by atoms with Gasteiger partial charge in [0.1, 0.15) is 5.82 Å². The van der Waals surface area contributed by atoms with Gasteiger partial charge >= 0.3 is 0 Å². The number of carbonyl (C=O) groups excluding carboxylic acids is 1. The van der Waals surface area contributed by atoms with Gasteiger partial charge in [-0.3, -0.25) is 9.79 Å². The predicted molar refractivity (Wildman–Crippen MR) is 95.8 cm³/mol. The molecule has 0 spiro atoms. The number of aliphatic hydroxyl groups excluding tert-OH is 1. The Morgan fingerprint density at radius 1 is 1.58 bits per heavy atom. The molecule has 2 heterocycles. The number of hydrogen-bond acceptors (Lipinski definition) is 4. The number of aliphatic hydroxyl groups is 1. The first-order valence-electron chi connectivity index (χ1n) is 8.18. The van der Waals surface area contributed by atoms with Crippen molar-refractivity contribution in [3.63, 3.8) is 0 Å². The van der Waals surface area contributed by atoms with Crippen LogP contribution in [0.25, 0.3) is 0 Å². The van der Waals surface area contributed by atoms with Crippen molar-refractivity contribution in [1.29, 1.82) is 0 Å². The largest absolute Gasteiger partial charge is 0.396 e. The number of likely N-dealkylation sites (tertiary alicyclic amines) is 1. The van der Waals surface area contributed by atoms with Gasteiger partial charge in [-0.2, -0.15) is 0 Å². The highest BCUT2D eigenvalue weighted by Gasteiger charge is 2.22. The normalized spacial score (nSPS) is 19.5. The van der Waals surface area contributed by atoms with Crippen molar-refractivity contribution in [2.45, 2.75) is 32.2 Å². The zero-order valence-electron chi connectivity index (χ0n) is 14.0. The Bertz CT molecular complexity index is 633. The molecule has 1 aromatic heterocycles. The zero-order valence-corrected chi connectivity index (χ0v) is 14.0. The molecule has 0 unspecified atom stereocenters. The van der Waals surface area contributed by atoms with Gasteiger partial charge in [-0.15, -0.1) is 0 Å². The molecular weight excluding hydrogens is 306 g/mol. The smallest absolute Gasteiger partial charge is 0.246 e. The highest BCUT2D eigenvalue weighted by molar-refractivity contribution is 6.02. The van der Waals surface area contributed by atoms with E-state index in [1.165, 1.54) is 12.4 Å². The molecule has 7 heteroatoms. The van der Waals surface area contributed by atoms with Gasteiger partial charge < -0.3 is 20.7 Å². The quantitative estimate of drug-likeness (QED) is 0.416. The third-order valence-corrected chi connectivity index (χ3v) is 3.96. The number of amides is 1. The van der Waals surface area contributed by atoms with Crippen molar-refractivity contribution in [1.82, 2.24) is 9.88 Å². The molecule has 1 aromatic rings. The average molecular weight is 331 g/mol. The van der Waals surface area contributed by atoms with Gasteiger partial charge in [-0.1, -0.05) is 6.08 Å². The number of piperidine rings is 1. The average Bonchev–Trinajstić information content (AvgIpc) is 3.04. The summed E-state index contributed by atoms with van der Waals surface area (Å²) < 4.78 is 0. The third-order valence-electron chi connectivity index (χ3n) is 3.96. The lowest BCUT2D eigenvalue weighted by Crippen LogP contribution is -2.41. The minimum atomic E-state index is -0.0175. The fourth-order valence-corrected chi connectivity index (χ4v) is 2.80. The van der Waals surface area contributed by atoms with Crippen LogP contribution in [0.4, 0.5) is 5.82 Å². The Morgan fingerprint density at radius 2 is 2.42 bits per heavy atom. The van der Waals surface area contributed by atoms with Crippen LogP contribution in [0.2, 0.25) is 0 Å². The second kappa shape index (κ2) is 9.02. The molecule has 4 N–H and O–H groups in total. The molecule has 1 amide bonds. The molecular formula is C17H25N5O2. The van der Waals surface area contributed by atoms with Gasteiger partial charge in [0, 0.05) is 37.2 Å². The third kappa shape index (κ3) is 4.79. The Labute approximate surface area is 142 Å². The van der Waals surface area contributed by atoms with Gasteiger partial charge in [0.05, 0.1) is 12.4 Å². The van der Waals surface area contributed by atoms with Crippen molar-refractivity contribution in [2.24, 2.45) is 15.7 Å². The lowest BCUT2D eigenvalue weighted by Gasteiger charge is -2.30. The molecule has 1 aliphatic rings. The van der Waals surface area contributed by atoms with Crippen LogP contribution in [-0.2, 0) is 4.79 Å². The van der Waals surface area contributed by atoms with Crippen molar-refractivity contribution in [3.05, 3.63) is 30.0 Å². The standard InChI is InChI=1S/C17H25N5O2/c1-13(15-7-8-19-17(15)20-12-18)21-14-5-4-9-22(11-14)16(24)6-2-3-10-23/h2,6-8,12,14,19,23H,3-5,9-11H2,1H3,(H2,18,20)/b6-2-,21-13?/t14-/m1/s1. The number of carbonyl (C=O) groups is 1. The highest BCUT2D eigenvalue weighted by Crippen LogP contribution is 2.20. The van der Waals surface area contributed by atoms with Crippen LogP contribution < -0.4 is 5.73 Å². The Morgan fingerprint density at radius 3 is 3.17 bits per heavy atom. The molecule has 1 aliphatic heterocycles. The number of hydrogen-bond donors (Lipinski definition) is 3. The van der Waals surface area contributed by atoms with Gasteiger partial charge in [0.2, 0.25) is 5.91 Å². The van der Waals surface area contributed by atoms with Gasteiger partial charge in [-0.25, -0.2) is 4.99 Å². The Kier molecular flexibility index (Phi) is 6.74. The van der Waals surface area contributed by atoms with Gasteiger partial charge in [-0.05, 0) is 38.3 Å². The van der Waals surface area contributed by atoms with Crippen LogP contribution in [0.1, 0.15) is 31.7 Å². The van der Waals surface area contributed by atoms with E-state index in [2.05, 4.69) is 9.98 Å². The molecule has 0 radical (unpaired) electrons. The molecule has 0 aliphatic carbocycles. The minimum Gasteiger partial charge on any atom is -0.396 e. The number of aliphatic imine (C=N–C) groups is 2. The topological polar surface area (TPSA) is 107 Å². The summed E-state index contributed by atoms with van der Waals surface area (Å²) in [5.74, 6) is 0.672. The molecule has 1 fully saturated rings. The molecule has 0 bridgehead atoms. The lowest BCUT2D eigenvalue weighted by atomic mass is 10.1. The maximum atomic E-state index is 12.1. The summed E-state index contributed by atoms with van der Waals surface area (Å²) in [6.45, 7) is 3.36. The lowest BCUT2D eigenvalue weighted by molar-refractivity contribution is -0.127. The van der Waals surface area contributed by atoms with E-state index < -0.39 is 0 Å². The monoisotopic (exact) mass is 331 g/mol. The van der Waals surface area contributed by atoms with Crippen LogP contribution in [0.3, 0.4) is 0 Å². The molecule has 0 aromatic carbocycles. The van der Waals surface area contributed by atoms with Crippen molar-refractivity contribution in [2.75, 3.05) is 19.7 Å². The number of aromatic amines is 1. The van der Waals surface area contributed by atoms with Crippen LogP contribution in [0.15, 0.2) is 34.4 Å². The Balaban J connectivity index is 2.03.